The predicted molar refractivity (Wildman–Crippen MR) is 87.1 cm³/mol. The highest BCUT2D eigenvalue weighted by Crippen LogP contribution is 2.29. The lowest BCUT2D eigenvalue weighted by atomic mass is 9.93. The van der Waals surface area contributed by atoms with Crippen molar-refractivity contribution in [2.45, 2.75) is 39.2 Å². The molecule has 2 aromatic rings. The number of hydrogen-bond donors (Lipinski definition) is 1. The van der Waals surface area contributed by atoms with Crippen LogP contribution in [0.15, 0.2) is 22.6 Å². The van der Waals surface area contributed by atoms with E-state index in [-0.39, 0.29) is 5.91 Å². The van der Waals surface area contributed by atoms with E-state index in [0.29, 0.717) is 24.2 Å². The summed E-state index contributed by atoms with van der Waals surface area (Å²) in [7, 11) is 1.61. The van der Waals surface area contributed by atoms with Crippen molar-refractivity contribution in [3.05, 3.63) is 29.5 Å². The van der Waals surface area contributed by atoms with Crippen LogP contribution < -0.4 is 10.1 Å². The molecule has 0 fully saturated rings. The zero-order valence-electron chi connectivity index (χ0n) is 13.4. The second-order valence-electron chi connectivity index (χ2n) is 5.31. The Labute approximate surface area is 130 Å². The summed E-state index contributed by atoms with van der Waals surface area (Å²) in [5, 5.41) is 3.79. The second kappa shape index (κ2) is 6.15. The van der Waals surface area contributed by atoms with Crippen LogP contribution in [0.25, 0.3) is 11.0 Å². The SMILES string of the molecule is C#CC(CC)(CC)NC(=O)c1oc2ccc(OC)cc2c1C. The number of ether oxygens (including phenoxy) is 1. The number of hydrogen-bond acceptors (Lipinski definition) is 3. The number of terminal acetylenes is 1. The molecule has 116 valence electrons. The van der Waals surface area contributed by atoms with Crippen LogP contribution >= 0.6 is 0 Å². The molecule has 22 heavy (non-hydrogen) atoms. The van der Waals surface area contributed by atoms with E-state index in [2.05, 4.69) is 11.2 Å². The first-order valence-electron chi connectivity index (χ1n) is 7.37. The summed E-state index contributed by atoms with van der Waals surface area (Å²) in [6, 6.07) is 5.46. The number of furan rings is 1. The van der Waals surface area contributed by atoms with Crippen molar-refractivity contribution in [2.75, 3.05) is 7.11 Å². The van der Waals surface area contributed by atoms with Gasteiger partial charge in [0.1, 0.15) is 16.9 Å². The molecule has 0 bridgehead atoms. The van der Waals surface area contributed by atoms with Gasteiger partial charge in [-0.2, -0.15) is 0 Å². The van der Waals surface area contributed by atoms with Crippen molar-refractivity contribution in [3.63, 3.8) is 0 Å². The fourth-order valence-corrected chi connectivity index (χ4v) is 2.48. The number of carbonyl (C=O) groups excluding carboxylic acids is 1. The molecule has 0 aliphatic rings. The molecule has 0 unspecified atom stereocenters. The molecule has 1 amide bonds. The van der Waals surface area contributed by atoms with E-state index in [0.717, 1.165) is 16.7 Å². The van der Waals surface area contributed by atoms with Gasteiger partial charge in [0.2, 0.25) is 0 Å². The van der Waals surface area contributed by atoms with Gasteiger partial charge in [0, 0.05) is 10.9 Å². The zero-order valence-corrected chi connectivity index (χ0v) is 13.4. The molecule has 0 saturated carbocycles. The number of amides is 1. The first-order chi connectivity index (χ1) is 10.5. The van der Waals surface area contributed by atoms with E-state index < -0.39 is 5.54 Å². The van der Waals surface area contributed by atoms with Crippen LogP contribution in [-0.4, -0.2) is 18.6 Å². The maximum absolute atomic E-state index is 12.6. The number of rotatable bonds is 5. The third-order valence-corrected chi connectivity index (χ3v) is 4.19. The Hall–Kier alpha value is -2.41. The standard InChI is InChI=1S/C18H21NO3/c1-6-18(7-2,8-3)19-17(20)16-12(4)14-11-13(21-5)9-10-15(14)22-16/h1,9-11H,7-8H2,2-5H3,(H,19,20). The first kappa shape index (κ1) is 16.0. The molecular weight excluding hydrogens is 278 g/mol. The van der Waals surface area contributed by atoms with Crippen molar-refractivity contribution in [3.8, 4) is 18.1 Å². The molecule has 0 aliphatic carbocycles. The van der Waals surface area contributed by atoms with Crippen molar-refractivity contribution < 1.29 is 13.9 Å². The average Bonchev–Trinajstić information content (AvgIpc) is 2.89. The summed E-state index contributed by atoms with van der Waals surface area (Å²) in [6.45, 7) is 5.77. The molecule has 4 nitrogen and oxygen atoms in total. The van der Waals surface area contributed by atoms with Gasteiger partial charge in [0.15, 0.2) is 5.76 Å². The zero-order chi connectivity index (χ0) is 16.3. The molecular formula is C18H21NO3. The topological polar surface area (TPSA) is 51.5 Å². The minimum absolute atomic E-state index is 0.283. The fourth-order valence-electron chi connectivity index (χ4n) is 2.48. The van der Waals surface area contributed by atoms with Crippen LogP contribution in [0.4, 0.5) is 0 Å². The Morgan fingerprint density at radius 2 is 2.09 bits per heavy atom. The summed E-state index contributed by atoms with van der Waals surface area (Å²) in [6.07, 6.45) is 6.93. The first-order valence-corrected chi connectivity index (χ1v) is 7.37. The van der Waals surface area contributed by atoms with Crippen LogP contribution in [0.5, 0.6) is 5.75 Å². The fraction of sp³-hybridized carbons (Fsp3) is 0.389. The van der Waals surface area contributed by atoms with Gasteiger partial charge in [-0.1, -0.05) is 19.8 Å². The Balaban J connectivity index is 2.41. The molecule has 0 radical (unpaired) electrons. The Bertz CT molecular complexity index is 733. The number of benzene rings is 1. The molecule has 0 atom stereocenters. The molecule has 0 aliphatic heterocycles. The highest BCUT2D eigenvalue weighted by atomic mass is 16.5. The quantitative estimate of drug-likeness (QED) is 0.857. The smallest absolute Gasteiger partial charge is 0.288 e. The maximum atomic E-state index is 12.6. The molecule has 2 rings (SSSR count). The van der Waals surface area contributed by atoms with E-state index >= 15 is 0 Å². The summed E-state index contributed by atoms with van der Waals surface area (Å²) < 4.78 is 10.9. The largest absolute Gasteiger partial charge is 0.497 e. The number of nitrogens with one attached hydrogen (secondary N) is 1. The van der Waals surface area contributed by atoms with Crippen molar-refractivity contribution >= 4 is 16.9 Å². The van der Waals surface area contributed by atoms with Crippen molar-refractivity contribution in [2.24, 2.45) is 0 Å². The molecule has 0 saturated heterocycles. The highest BCUT2D eigenvalue weighted by Gasteiger charge is 2.28. The molecule has 4 heteroatoms. The molecule has 1 aromatic carbocycles. The Kier molecular flexibility index (Phi) is 4.46. The number of fused-ring (bicyclic) bond motifs is 1. The third kappa shape index (κ3) is 2.67. The lowest BCUT2D eigenvalue weighted by molar-refractivity contribution is 0.0889. The molecule has 1 N–H and O–H groups in total. The average molecular weight is 299 g/mol. The minimum Gasteiger partial charge on any atom is -0.497 e. The van der Waals surface area contributed by atoms with E-state index in [1.807, 2.05) is 26.8 Å². The second-order valence-corrected chi connectivity index (χ2v) is 5.31. The van der Waals surface area contributed by atoms with E-state index in [4.69, 9.17) is 15.6 Å². The van der Waals surface area contributed by atoms with E-state index in [1.54, 1.807) is 19.2 Å². The number of carbonyl (C=O) groups is 1. The monoisotopic (exact) mass is 299 g/mol. The summed E-state index contributed by atoms with van der Waals surface area (Å²) in [5.74, 6) is 3.43. The molecule has 1 aromatic heterocycles. The van der Waals surface area contributed by atoms with Crippen LogP contribution in [0.3, 0.4) is 0 Å². The number of aryl methyl sites for hydroxylation is 1. The number of methoxy groups -OCH3 is 1. The van der Waals surface area contributed by atoms with Gasteiger partial charge in [0.25, 0.3) is 5.91 Å². The predicted octanol–water partition coefficient (Wildman–Crippen LogP) is 3.67. The van der Waals surface area contributed by atoms with E-state index in [9.17, 15) is 4.79 Å². The normalized spacial score (nSPS) is 11.2. The summed E-state index contributed by atoms with van der Waals surface area (Å²) in [4.78, 5) is 12.6. The van der Waals surface area contributed by atoms with Crippen LogP contribution in [0.1, 0.15) is 42.8 Å². The third-order valence-electron chi connectivity index (χ3n) is 4.19. The summed E-state index contributed by atoms with van der Waals surface area (Å²) >= 11 is 0. The highest BCUT2D eigenvalue weighted by molar-refractivity contribution is 5.99. The summed E-state index contributed by atoms with van der Waals surface area (Å²) in [5.41, 5.74) is 0.799. The van der Waals surface area contributed by atoms with Crippen LogP contribution in [-0.2, 0) is 0 Å². The Morgan fingerprint density at radius 3 is 2.64 bits per heavy atom. The van der Waals surface area contributed by atoms with Gasteiger partial charge < -0.3 is 14.5 Å². The van der Waals surface area contributed by atoms with Crippen molar-refractivity contribution in [1.82, 2.24) is 5.32 Å². The van der Waals surface area contributed by atoms with Gasteiger partial charge in [-0.15, -0.1) is 6.42 Å². The van der Waals surface area contributed by atoms with Crippen LogP contribution in [0, 0.1) is 19.3 Å². The molecule has 0 spiro atoms. The van der Waals surface area contributed by atoms with Crippen molar-refractivity contribution in [1.29, 1.82) is 0 Å². The minimum atomic E-state index is -0.639. The van der Waals surface area contributed by atoms with Gasteiger partial charge in [0.05, 0.1) is 7.11 Å². The van der Waals surface area contributed by atoms with Gasteiger partial charge in [-0.25, -0.2) is 0 Å². The molecule has 1 heterocycles. The lowest BCUT2D eigenvalue weighted by Gasteiger charge is -2.26. The van der Waals surface area contributed by atoms with Gasteiger partial charge in [-0.3, -0.25) is 4.79 Å². The van der Waals surface area contributed by atoms with E-state index in [1.165, 1.54) is 0 Å². The van der Waals surface area contributed by atoms with Gasteiger partial charge in [-0.05, 0) is 38.0 Å². The Morgan fingerprint density at radius 1 is 1.41 bits per heavy atom. The maximum Gasteiger partial charge on any atom is 0.288 e. The lowest BCUT2D eigenvalue weighted by Crippen LogP contribution is -2.46. The van der Waals surface area contributed by atoms with Gasteiger partial charge >= 0.3 is 0 Å². The van der Waals surface area contributed by atoms with Crippen LogP contribution in [0.2, 0.25) is 0 Å².